The minimum Gasteiger partial charge on any atom is -0.394 e. The second-order valence-electron chi connectivity index (χ2n) is 4.74. The zero-order valence-electron chi connectivity index (χ0n) is 10.7. The first-order chi connectivity index (χ1) is 8.74. The molecule has 18 heavy (non-hydrogen) atoms. The van der Waals surface area contributed by atoms with Crippen LogP contribution in [0.2, 0.25) is 0 Å². The van der Waals surface area contributed by atoms with E-state index in [-0.39, 0.29) is 24.9 Å². The van der Waals surface area contributed by atoms with Gasteiger partial charge in [-0.05, 0) is 18.6 Å². The Bertz CT molecular complexity index is 361. The number of hydrogen-bond acceptors (Lipinski definition) is 5. The van der Waals surface area contributed by atoms with Crippen LogP contribution >= 0.6 is 0 Å². The Hall–Kier alpha value is -1.01. The molecule has 5 heteroatoms. The average Bonchev–Trinajstić information content (AvgIpc) is 2.40. The topological polar surface area (TPSA) is 71.6 Å². The lowest BCUT2D eigenvalue weighted by Crippen LogP contribution is -2.50. The summed E-state index contributed by atoms with van der Waals surface area (Å²) in [6, 6.07) is 4.10. The molecule has 1 aliphatic rings. The van der Waals surface area contributed by atoms with Crippen molar-refractivity contribution in [3.63, 3.8) is 0 Å². The number of rotatable bonds is 4. The highest BCUT2D eigenvalue weighted by Crippen LogP contribution is 2.23. The standard InChI is InChI=1S/C13H21N3O2/c1-10-7-16(8-12(9-17)18-10)13(5-14)11-3-2-4-15-6-11/h2-4,6,10,12-13,17H,5,7-9,14H2,1H3. The lowest BCUT2D eigenvalue weighted by atomic mass is 10.1. The Balaban J connectivity index is 2.12. The Morgan fingerprint density at radius 1 is 1.61 bits per heavy atom. The van der Waals surface area contributed by atoms with Crippen molar-refractivity contribution in [3.05, 3.63) is 30.1 Å². The number of aliphatic hydroxyl groups excluding tert-OH is 1. The number of nitrogens with zero attached hydrogens (tertiary/aromatic N) is 2. The highest BCUT2D eigenvalue weighted by Gasteiger charge is 2.29. The summed E-state index contributed by atoms with van der Waals surface area (Å²) in [6.45, 7) is 4.14. The van der Waals surface area contributed by atoms with E-state index in [4.69, 9.17) is 10.5 Å². The first-order valence-corrected chi connectivity index (χ1v) is 6.35. The molecule has 100 valence electrons. The van der Waals surface area contributed by atoms with Gasteiger partial charge in [0.25, 0.3) is 0 Å². The molecular weight excluding hydrogens is 230 g/mol. The van der Waals surface area contributed by atoms with Crippen molar-refractivity contribution in [1.82, 2.24) is 9.88 Å². The predicted molar refractivity (Wildman–Crippen MR) is 69.0 cm³/mol. The molecule has 0 spiro atoms. The Morgan fingerprint density at radius 3 is 3.06 bits per heavy atom. The van der Waals surface area contributed by atoms with E-state index in [1.165, 1.54) is 0 Å². The number of hydrogen-bond donors (Lipinski definition) is 2. The molecule has 1 saturated heterocycles. The zero-order valence-corrected chi connectivity index (χ0v) is 10.7. The molecule has 3 atom stereocenters. The van der Waals surface area contributed by atoms with E-state index in [0.717, 1.165) is 12.1 Å². The fraction of sp³-hybridized carbons (Fsp3) is 0.615. The van der Waals surface area contributed by atoms with Gasteiger partial charge in [-0.1, -0.05) is 6.07 Å². The van der Waals surface area contributed by atoms with Gasteiger partial charge in [-0.3, -0.25) is 9.88 Å². The van der Waals surface area contributed by atoms with Crippen LogP contribution in [0.1, 0.15) is 18.5 Å². The quantitative estimate of drug-likeness (QED) is 0.798. The van der Waals surface area contributed by atoms with Gasteiger partial charge in [0, 0.05) is 38.1 Å². The molecule has 0 aliphatic carbocycles. The third-order valence-electron chi connectivity index (χ3n) is 3.29. The Kier molecular flexibility index (Phi) is 4.66. The van der Waals surface area contributed by atoms with E-state index in [2.05, 4.69) is 9.88 Å². The molecule has 5 nitrogen and oxygen atoms in total. The minimum atomic E-state index is -0.125. The average molecular weight is 251 g/mol. The maximum atomic E-state index is 9.26. The van der Waals surface area contributed by atoms with Crippen molar-refractivity contribution in [2.24, 2.45) is 5.73 Å². The molecule has 3 unspecified atom stereocenters. The van der Waals surface area contributed by atoms with Crippen LogP contribution in [0, 0.1) is 0 Å². The smallest absolute Gasteiger partial charge is 0.0936 e. The van der Waals surface area contributed by atoms with Crippen molar-refractivity contribution in [2.45, 2.75) is 25.2 Å². The van der Waals surface area contributed by atoms with E-state index < -0.39 is 0 Å². The lowest BCUT2D eigenvalue weighted by Gasteiger charge is -2.40. The molecule has 0 amide bonds. The third-order valence-corrected chi connectivity index (χ3v) is 3.29. The van der Waals surface area contributed by atoms with Crippen LogP contribution in [-0.2, 0) is 4.74 Å². The van der Waals surface area contributed by atoms with Gasteiger partial charge >= 0.3 is 0 Å². The maximum absolute atomic E-state index is 9.26. The number of morpholine rings is 1. The largest absolute Gasteiger partial charge is 0.394 e. The summed E-state index contributed by atoms with van der Waals surface area (Å²) in [4.78, 5) is 6.41. The van der Waals surface area contributed by atoms with E-state index in [0.29, 0.717) is 13.1 Å². The number of aliphatic hydroxyl groups is 1. The van der Waals surface area contributed by atoms with Crippen molar-refractivity contribution in [1.29, 1.82) is 0 Å². The maximum Gasteiger partial charge on any atom is 0.0936 e. The van der Waals surface area contributed by atoms with Crippen LogP contribution < -0.4 is 5.73 Å². The second kappa shape index (κ2) is 6.24. The summed E-state index contributed by atoms with van der Waals surface area (Å²) in [6.07, 6.45) is 3.60. The van der Waals surface area contributed by atoms with Crippen LogP contribution in [-0.4, -0.2) is 53.4 Å². The van der Waals surface area contributed by atoms with Gasteiger partial charge in [0.15, 0.2) is 0 Å². The molecule has 2 heterocycles. The first kappa shape index (κ1) is 13.4. The zero-order chi connectivity index (χ0) is 13.0. The number of aromatic nitrogens is 1. The van der Waals surface area contributed by atoms with Gasteiger partial charge < -0.3 is 15.6 Å². The second-order valence-corrected chi connectivity index (χ2v) is 4.74. The summed E-state index contributed by atoms with van der Waals surface area (Å²) >= 11 is 0. The van der Waals surface area contributed by atoms with Gasteiger partial charge in [0.1, 0.15) is 0 Å². The summed E-state index contributed by atoms with van der Waals surface area (Å²) in [7, 11) is 0. The number of nitrogens with two attached hydrogens (primary N) is 1. The van der Waals surface area contributed by atoms with E-state index in [9.17, 15) is 5.11 Å². The highest BCUT2D eigenvalue weighted by atomic mass is 16.5. The molecule has 1 fully saturated rings. The van der Waals surface area contributed by atoms with Gasteiger partial charge in [-0.25, -0.2) is 0 Å². The predicted octanol–water partition coefficient (Wildman–Crippen LogP) is 0.163. The molecule has 0 aromatic carbocycles. The monoisotopic (exact) mass is 251 g/mol. The first-order valence-electron chi connectivity index (χ1n) is 6.35. The normalized spacial score (nSPS) is 27.1. The van der Waals surface area contributed by atoms with Crippen LogP contribution in [0.5, 0.6) is 0 Å². The third kappa shape index (κ3) is 3.05. The molecule has 0 radical (unpaired) electrons. The summed E-state index contributed by atoms with van der Waals surface area (Å²) in [5.74, 6) is 0. The van der Waals surface area contributed by atoms with Crippen LogP contribution in [0.15, 0.2) is 24.5 Å². The highest BCUT2D eigenvalue weighted by molar-refractivity contribution is 5.15. The van der Waals surface area contributed by atoms with Crippen molar-refractivity contribution >= 4 is 0 Å². The van der Waals surface area contributed by atoms with Crippen LogP contribution in [0.4, 0.5) is 0 Å². The van der Waals surface area contributed by atoms with Crippen molar-refractivity contribution < 1.29 is 9.84 Å². The minimum absolute atomic E-state index is 0.0468. The fourth-order valence-corrected chi connectivity index (χ4v) is 2.51. The van der Waals surface area contributed by atoms with Gasteiger partial charge in [0.2, 0.25) is 0 Å². The molecule has 1 aromatic rings. The SMILES string of the molecule is CC1CN(C(CN)c2cccnc2)CC(CO)O1. The van der Waals surface area contributed by atoms with E-state index >= 15 is 0 Å². The number of ether oxygens (including phenoxy) is 1. The molecule has 2 rings (SSSR count). The van der Waals surface area contributed by atoms with Crippen LogP contribution in [0.25, 0.3) is 0 Å². The molecule has 3 N–H and O–H groups in total. The molecule has 1 aliphatic heterocycles. The van der Waals surface area contributed by atoms with Crippen LogP contribution in [0.3, 0.4) is 0 Å². The van der Waals surface area contributed by atoms with Crippen molar-refractivity contribution in [2.75, 3.05) is 26.2 Å². The summed E-state index contributed by atoms with van der Waals surface area (Å²) in [5.41, 5.74) is 7.01. The summed E-state index contributed by atoms with van der Waals surface area (Å²) in [5, 5.41) is 9.26. The molecular formula is C13H21N3O2. The molecule has 0 saturated carbocycles. The van der Waals surface area contributed by atoms with Gasteiger partial charge in [-0.2, -0.15) is 0 Å². The van der Waals surface area contributed by atoms with Gasteiger partial charge in [-0.15, -0.1) is 0 Å². The lowest BCUT2D eigenvalue weighted by molar-refractivity contribution is -0.105. The molecule has 0 bridgehead atoms. The van der Waals surface area contributed by atoms with Gasteiger partial charge in [0.05, 0.1) is 18.8 Å². The summed E-state index contributed by atoms with van der Waals surface area (Å²) < 4.78 is 5.65. The van der Waals surface area contributed by atoms with E-state index in [1.807, 2.05) is 25.3 Å². The fourth-order valence-electron chi connectivity index (χ4n) is 2.51. The van der Waals surface area contributed by atoms with E-state index in [1.54, 1.807) is 6.20 Å². The molecule has 1 aromatic heterocycles. The number of pyridine rings is 1. The van der Waals surface area contributed by atoms with Crippen molar-refractivity contribution in [3.8, 4) is 0 Å². The Morgan fingerprint density at radius 2 is 2.44 bits per heavy atom. The Labute approximate surface area is 108 Å².